The average molecular weight is 294 g/mol. The highest BCUT2D eigenvalue weighted by atomic mass is 32.2. The van der Waals surface area contributed by atoms with Crippen LogP contribution < -0.4 is 10.2 Å². The van der Waals surface area contributed by atoms with Gasteiger partial charge in [-0.15, -0.1) is 11.3 Å². The predicted molar refractivity (Wildman–Crippen MR) is 85.7 cm³/mol. The number of thioether (sulfide) groups is 1. The van der Waals surface area contributed by atoms with Gasteiger partial charge in [-0.05, 0) is 11.4 Å². The molecule has 0 amide bonds. The van der Waals surface area contributed by atoms with Crippen LogP contribution >= 0.6 is 23.1 Å². The van der Waals surface area contributed by atoms with E-state index in [9.17, 15) is 0 Å². The maximum Gasteiger partial charge on any atom is 0.225 e. The molecule has 0 aromatic carbocycles. The van der Waals surface area contributed by atoms with Gasteiger partial charge >= 0.3 is 0 Å². The van der Waals surface area contributed by atoms with Crippen LogP contribution in [0.4, 0.5) is 11.8 Å². The monoisotopic (exact) mass is 294 g/mol. The number of hydrogen-bond donors (Lipinski definition) is 1. The summed E-state index contributed by atoms with van der Waals surface area (Å²) in [6.07, 6.45) is 0. The zero-order chi connectivity index (χ0) is 13.4. The Kier molecular flexibility index (Phi) is 3.54. The second kappa shape index (κ2) is 5.17. The standard InChI is InChI=1S/C13H18N4S2/c1-8-6-17(7-9(2)19-8)11-10-4-5-18-12(10)16-13(14-3)15-11/h4-5,8-9H,6-7H2,1-3H3,(H,14,15,16). The molecular formula is C13H18N4S2. The summed E-state index contributed by atoms with van der Waals surface area (Å²) in [7, 11) is 1.87. The minimum atomic E-state index is 0.644. The van der Waals surface area contributed by atoms with Crippen LogP contribution in [0.3, 0.4) is 0 Å². The van der Waals surface area contributed by atoms with E-state index in [0.29, 0.717) is 16.4 Å². The first-order chi connectivity index (χ1) is 9.17. The molecular weight excluding hydrogens is 276 g/mol. The van der Waals surface area contributed by atoms with Crippen LogP contribution in [-0.4, -0.2) is 40.6 Å². The van der Waals surface area contributed by atoms with Crippen molar-refractivity contribution >= 4 is 45.1 Å². The normalized spacial score (nSPS) is 23.8. The summed E-state index contributed by atoms with van der Waals surface area (Å²) >= 11 is 3.73. The molecule has 2 atom stereocenters. The Balaban J connectivity index is 2.05. The Bertz CT molecular complexity index is 573. The van der Waals surface area contributed by atoms with E-state index in [0.717, 1.165) is 23.7 Å². The Hall–Kier alpha value is -1.01. The number of nitrogens with one attached hydrogen (secondary N) is 1. The van der Waals surface area contributed by atoms with Crippen molar-refractivity contribution in [2.45, 2.75) is 24.3 Å². The minimum absolute atomic E-state index is 0.644. The van der Waals surface area contributed by atoms with Crippen molar-refractivity contribution in [3.05, 3.63) is 11.4 Å². The smallest absolute Gasteiger partial charge is 0.225 e. The summed E-state index contributed by atoms with van der Waals surface area (Å²) in [5, 5.41) is 7.62. The van der Waals surface area contributed by atoms with E-state index in [1.165, 1.54) is 5.39 Å². The summed E-state index contributed by atoms with van der Waals surface area (Å²) in [6.45, 7) is 6.69. The fraction of sp³-hybridized carbons (Fsp3) is 0.538. The molecule has 1 saturated heterocycles. The van der Waals surface area contributed by atoms with Gasteiger partial charge in [0.2, 0.25) is 5.95 Å². The number of thiophene rings is 1. The van der Waals surface area contributed by atoms with Gasteiger partial charge in [0, 0.05) is 30.6 Å². The van der Waals surface area contributed by atoms with E-state index in [2.05, 4.69) is 57.2 Å². The zero-order valence-corrected chi connectivity index (χ0v) is 13.0. The summed E-state index contributed by atoms with van der Waals surface area (Å²) in [6, 6.07) is 2.13. The highest BCUT2D eigenvalue weighted by molar-refractivity contribution is 8.00. The maximum absolute atomic E-state index is 4.69. The van der Waals surface area contributed by atoms with E-state index in [1.807, 2.05) is 7.05 Å². The van der Waals surface area contributed by atoms with Crippen molar-refractivity contribution in [1.29, 1.82) is 0 Å². The summed E-state index contributed by atoms with van der Waals surface area (Å²) in [5.74, 6) is 1.79. The van der Waals surface area contributed by atoms with Crippen LogP contribution in [0.5, 0.6) is 0 Å². The van der Waals surface area contributed by atoms with E-state index in [4.69, 9.17) is 0 Å². The van der Waals surface area contributed by atoms with Gasteiger partial charge in [0.25, 0.3) is 0 Å². The van der Waals surface area contributed by atoms with Gasteiger partial charge in [0.15, 0.2) is 0 Å². The van der Waals surface area contributed by atoms with Crippen molar-refractivity contribution in [3.63, 3.8) is 0 Å². The molecule has 19 heavy (non-hydrogen) atoms. The third-order valence-corrected chi connectivity index (χ3v) is 5.28. The maximum atomic E-state index is 4.69. The van der Waals surface area contributed by atoms with Gasteiger partial charge < -0.3 is 10.2 Å². The Morgan fingerprint density at radius 3 is 2.68 bits per heavy atom. The van der Waals surface area contributed by atoms with Crippen LogP contribution in [0.1, 0.15) is 13.8 Å². The Morgan fingerprint density at radius 2 is 2.00 bits per heavy atom. The van der Waals surface area contributed by atoms with Crippen LogP contribution in [0, 0.1) is 0 Å². The first-order valence-electron chi connectivity index (χ1n) is 6.50. The first kappa shape index (κ1) is 13.0. The molecule has 0 aliphatic carbocycles. The van der Waals surface area contributed by atoms with Crippen LogP contribution in [0.2, 0.25) is 0 Å². The van der Waals surface area contributed by atoms with Gasteiger partial charge in [0.1, 0.15) is 10.6 Å². The highest BCUT2D eigenvalue weighted by Crippen LogP contribution is 2.33. The van der Waals surface area contributed by atoms with Crippen molar-refractivity contribution in [2.75, 3.05) is 30.4 Å². The number of rotatable bonds is 2. The highest BCUT2D eigenvalue weighted by Gasteiger charge is 2.25. The molecule has 0 radical (unpaired) electrons. The number of fused-ring (bicyclic) bond motifs is 1. The topological polar surface area (TPSA) is 41.1 Å². The van der Waals surface area contributed by atoms with Crippen LogP contribution in [-0.2, 0) is 0 Å². The third-order valence-electron chi connectivity index (χ3n) is 3.25. The Labute approximate surface area is 121 Å². The van der Waals surface area contributed by atoms with E-state index >= 15 is 0 Å². The van der Waals surface area contributed by atoms with E-state index < -0.39 is 0 Å². The second-order valence-corrected chi connectivity index (χ2v) is 7.70. The Morgan fingerprint density at radius 1 is 1.26 bits per heavy atom. The molecule has 6 heteroatoms. The molecule has 1 fully saturated rings. The lowest BCUT2D eigenvalue weighted by Crippen LogP contribution is -2.41. The molecule has 0 saturated carbocycles. The summed E-state index contributed by atoms with van der Waals surface area (Å²) in [5.41, 5.74) is 0. The lowest BCUT2D eigenvalue weighted by molar-refractivity contribution is 0.721. The van der Waals surface area contributed by atoms with Crippen LogP contribution in [0.25, 0.3) is 10.2 Å². The van der Waals surface area contributed by atoms with Gasteiger partial charge in [0.05, 0.1) is 5.39 Å². The van der Waals surface area contributed by atoms with Crippen molar-refractivity contribution < 1.29 is 0 Å². The van der Waals surface area contributed by atoms with E-state index in [1.54, 1.807) is 11.3 Å². The molecule has 3 rings (SSSR count). The first-order valence-corrected chi connectivity index (χ1v) is 8.33. The molecule has 2 unspecified atom stereocenters. The SMILES string of the molecule is CNc1nc(N2CC(C)SC(C)C2)c2ccsc2n1. The number of nitrogens with zero attached hydrogens (tertiary/aromatic N) is 3. The quantitative estimate of drug-likeness (QED) is 0.922. The molecule has 2 aromatic rings. The number of hydrogen-bond acceptors (Lipinski definition) is 6. The molecule has 1 aliphatic rings. The van der Waals surface area contributed by atoms with Gasteiger partial charge in [-0.1, -0.05) is 13.8 Å². The predicted octanol–water partition coefficient (Wildman–Crippen LogP) is 3.06. The zero-order valence-electron chi connectivity index (χ0n) is 11.4. The molecule has 2 aromatic heterocycles. The molecule has 1 N–H and O–H groups in total. The average Bonchev–Trinajstić information content (AvgIpc) is 2.84. The van der Waals surface area contributed by atoms with E-state index in [-0.39, 0.29) is 0 Å². The fourth-order valence-corrected chi connectivity index (χ4v) is 4.63. The van der Waals surface area contributed by atoms with Crippen LogP contribution in [0.15, 0.2) is 11.4 Å². The van der Waals surface area contributed by atoms with Crippen molar-refractivity contribution in [1.82, 2.24) is 9.97 Å². The lowest BCUT2D eigenvalue weighted by atomic mass is 10.3. The summed E-state index contributed by atoms with van der Waals surface area (Å²) in [4.78, 5) is 12.7. The molecule has 102 valence electrons. The molecule has 0 bridgehead atoms. The number of aromatic nitrogens is 2. The second-order valence-electron chi connectivity index (χ2n) is 4.92. The van der Waals surface area contributed by atoms with Gasteiger partial charge in [-0.25, -0.2) is 4.98 Å². The molecule has 4 nitrogen and oxygen atoms in total. The lowest BCUT2D eigenvalue weighted by Gasteiger charge is -2.35. The minimum Gasteiger partial charge on any atom is -0.357 e. The molecule has 3 heterocycles. The molecule has 0 spiro atoms. The van der Waals surface area contributed by atoms with Gasteiger partial charge in [-0.3, -0.25) is 0 Å². The summed E-state index contributed by atoms with van der Waals surface area (Å²) < 4.78 is 0. The van der Waals surface area contributed by atoms with Crippen molar-refractivity contribution in [3.8, 4) is 0 Å². The molecule has 1 aliphatic heterocycles. The fourth-order valence-electron chi connectivity index (χ4n) is 2.54. The van der Waals surface area contributed by atoms with Crippen molar-refractivity contribution in [2.24, 2.45) is 0 Å². The third kappa shape index (κ3) is 2.51. The number of anilines is 2. The van der Waals surface area contributed by atoms with Gasteiger partial charge in [-0.2, -0.15) is 16.7 Å². The largest absolute Gasteiger partial charge is 0.357 e.